The number of nitrogens with one attached hydrogen (secondary N) is 2. The molecule has 0 bridgehead atoms. The van der Waals surface area contributed by atoms with Crippen molar-refractivity contribution in [2.45, 2.75) is 58.0 Å². The monoisotopic (exact) mass is 423 g/mol. The zero-order valence-corrected chi connectivity index (χ0v) is 18.0. The molecule has 2 aliphatic carbocycles. The molecule has 1 saturated heterocycles. The van der Waals surface area contributed by atoms with Crippen molar-refractivity contribution in [2.24, 2.45) is 17.8 Å². The van der Waals surface area contributed by atoms with Crippen LogP contribution in [0.3, 0.4) is 0 Å². The first-order chi connectivity index (χ1) is 14.8. The van der Waals surface area contributed by atoms with Gasteiger partial charge in [-0.3, -0.25) is 24.1 Å². The second kappa shape index (κ2) is 8.65. The second-order valence-corrected chi connectivity index (χ2v) is 9.17. The van der Waals surface area contributed by atoms with Crippen LogP contribution in [0.1, 0.15) is 56.3 Å². The minimum Gasteiger partial charge on any atom is -0.349 e. The van der Waals surface area contributed by atoms with Gasteiger partial charge in [0.1, 0.15) is 6.04 Å². The number of amides is 4. The Kier molecular flexibility index (Phi) is 5.94. The minimum atomic E-state index is -0.866. The van der Waals surface area contributed by atoms with Gasteiger partial charge in [-0.1, -0.05) is 32.1 Å². The number of carbonyl (C=O) groups excluding carboxylic acids is 4. The molecule has 1 heterocycles. The highest BCUT2D eigenvalue weighted by Gasteiger charge is 2.51. The fourth-order valence-corrected chi connectivity index (χ4v) is 4.37. The molecule has 31 heavy (non-hydrogen) atoms. The van der Waals surface area contributed by atoms with Crippen LogP contribution in [0, 0.1) is 17.8 Å². The molecule has 1 aliphatic heterocycles. The van der Waals surface area contributed by atoms with Crippen molar-refractivity contribution in [3.05, 3.63) is 42.0 Å². The van der Waals surface area contributed by atoms with E-state index in [0.717, 1.165) is 12.8 Å². The van der Waals surface area contributed by atoms with Gasteiger partial charge in [0.05, 0.1) is 11.8 Å². The number of imide groups is 1. The number of allylic oxidation sites excluding steroid dienone is 2. The zero-order chi connectivity index (χ0) is 22.1. The molecular weight excluding hydrogens is 394 g/mol. The summed E-state index contributed by atoms with van der Waals surface area (Å²) in [6.07, 6.45) is 7.33. The standard InChI is InChI=1S/C24H29N3O4/c1-14(2)12-20(27-23(30)18-8-3-4-9-19(18)24(27)31)22(29)26-17-7-5-6-15(13-17)21(28)25-16-10-11-16/h3-7,13-14,16,18-20H,8-12H2,1-2H3,(H,25,28)(H,26,29)/t18-,19+,20-/m1/s1. The van der Waals surface area contributed by atoms with Gasteiger partial charge in [-0.05, 0) is 56.2 Å². The van der Waals surface area contributed by atoms with Gasteiger partial charge in [0, 0.05) is 17.3 Å². The molecule has 3 aliphatic rings. The van der Waals surface area contributed by atoms with E-state index < -0.39 is 11.9 Å². The average molecular weight is 424 g/mol. The maximum Gasteiger partial charge on any atom is 0.251 e. The minimum absolute atomic E-state index is 0.118. The van der Waals surface area contributed by atoms with Crippen LogP contribution in [-0.4, -0.2) is 40.6 Å². The molecule has 2 N–H and O–H groups in total. The summed E-state index contributed by atoms with van der Waals surface area (Å²) in [5.41, 5.74) is 0.941. The maximum atomic E-state index is 13.2. The number of hydrogen-bond acceptors (Lipinski definition) is 4. The van der Waals surface area contributed by atoms with Gasteiger partial charge in [0.15, 0.2) is 0 Å². The number of anilines is 1. The summed E-state index contributed by atoms with van der Waals surface area (Å²) in [7, 11) is 0. The smallest absolute Gasteiger partial charge is 0.251 e. The molecule has 1 aromatic carbocycles. The van der Waals surface area contributed by atoms with Gasteiger partial charge >= 0.3 is 0 Å². The van der Waals surface area contributed by atoms with Crippen molar-refractivity contribution in [3.8, 4) is 0 Å². The molecule has 0 radical (unpaired) electrons. The normalized spacial score (nSPS) is 23.6. The molecule has 4 amide bonds. The summed E-state index contributed by atoms with van der Waals surface area (Å²) in [6.45, 7) is 3.92. The van der Waals surface area contributed by atoms with Crippen LogP contribution in [0.25, 0.3) is 0 Å². The molecule has 0 aromatic heterocycles. The topological polar surface area (TPSA) is 95.6 Å². The SMILES string of the molecule is CC(C)C[C@H](C(=O)Nc1cccc(C(=O)NC2CC2)c1)N1C(=O)[C@H]2CC=CC[C@H]2C1=O. The lowest BCUT2D eigenvalue weighted by Crippen LogP contribution is -2.48. The Morgan fingerprint density at radius 1 is 1.06 bits per heavy atom. The number of carbonyl (C=O) groups is 4. The van der Waals surface area contributed by atoms with Crippen LogP contribution in [0.2, 0.25) is 0 Å². The number of hydrogen-bond donors (Lipinski definition) is 2. The van der Waals surface area contributed by atoms with Gasteiger partial charge in [0.2, 0.25) is 17.7 Å². The van der Waals surface area contributed by atoms with Gasteiger partial charge in [0.25, 0.3) is 5.91 Å². The van der Waals surface area contributed by atoms with E-state index in [-0.39, 0.29) is 41.5 Å². The zero-order valence-electron chi connectivity index (χ0n) is 18.0. The highest BCUT2D eigenvalue weighted by atomic mass is 16.2. The van der Waals surface area contributed by atoms with Crippen LogP contribution in [-0.2, 0) is 14.4 Å². The van der Waals surface area contributed by atoms with E-state index in [0.29, 0.717) is 30.5 Å². The van der Waals surface area contributed by atoms with E-state index in [1.165, 1.54) is 4.90 Å². The van der Waals surface area contributed by atoms with Crippen LogP contribution in [0.15, 0.2) is 36.4 Å². The number of benzene rings is 1. The lowest BCUT2D eigenvalue weighted by molar-refractivity contribution is -0.147. The van der Waals surface area contributed by atoms with E-state index in [9.17, 15) is 19.2 Å². The number of nitrogens with zero attached hydrogens (tertiary/aromatic N) is 1. The number of fused-ring (bicyclic) bond motifs is 1. The molecule has 4 rings (SSSR count). The summed E-state index contributed by atoms with van der Waals surface area (Å²) in [5, 5.41) is 5.76. The molecule has 2 fully saturated rings. The van der Waals surface area contributed by atoms with Gasteiger partial charge in [-0.15, -0.1) is 0 Å². The predicted molar refractivity (Wildman–Crippen MR) is 116 cm³/mol. The predicted octanol–water partition coefficient (Wildman–Crippen LogP) is 2.88. The summed E-state index contributed by atoms with van der Waals surface area (Å²) >= 11 is 0. The summed E-state index contributed by atoms with van der Waals surface area (Å²) in [4.78, 5) is 52.8. The molecular formula is C24H29N3O4. The van der Waals surface area contributed by atoms with Crippen molar-refractivity contribution in [3.63, 3.8) is 0 Å². The van der Waals surface area contributed by atoms with E-state index in [1.807, 2.05) is 26.0 Å². The maximum absolute atomic E-state index is 13.2. The molecule has 7 nitrogen and oxygen atoms in total. The Balaban J connectivity index is 1.52. The molecule has 1 saturated carbocycles. The second-order valence-electron chi connectivity index (χ2n) is 9.17. The fourth-order valence-electron chi connectivity index (χ4n) is 4.37. The Morgan fingerprint density at radius 3 is 2.29 bits per heavy atom. The lowest BCUT2D eigenvalue weighted by atomic mass is 9.85. The highest BCUT2D eigenvalue weighted by Crippen LogP contribution is 2.37. The number of rotatable bonds is 7. The third kappa shape index (κ3) is 4.55. The quantitative estimate of drug-likeness (QED) is 0.521. The Labute approximate surface area is 182 Å². The van der Waals surface area contributed by atoms with E-state index in [4.69, 9.17) is 0 Å². The van der Waals surface area contributed by atoms with Crippen LogP contribution < -0.4 is 10.6 Å². The molecule has 0 spiro atoms. The van der Waals surface area contributed by atoms with Crippen molar-refractivity contribution in [1.82, 2.24) is 10.2 Å². The molecule has 7 heteroatoms. The van der Waals surface area contributed by atoms with E-state index >= 15 is 0 Å². The van der Waals surface area contributed by atoms with E-state index in [1.54, 1.807) is 24.3 Å². The Bertz CT molecular complexity index is 909. The lowest BCUT2D eigenvalue weighted by Gasteiger charge is -2.27. The van der Waals surface area contributed by atoms with Crippen molar-refractivity contribution < 1.29 is 19.2 Å². The molecule has 3 atom stereocenters. The largest absolute Gasteiger partial charge is 0.349 e. The Morgan fingerprint density at radius 2 is 1.71 bits per heavy atom. The van der Waals surface area contributed by atoms with Crippen LogP contribution in [0.4, 0.5) is 5.69 Å². The molecule has 164 valence electrons. The van der Waals surface area contributed by atoms with Crippen molar-refractivity contribution in [2.75, 3.05) is 5.32 Å². The van der Waals surface area contributed by atoms with Crippen molar-refractivity contribution >= 4 is 29.3 Å². The number of likely N-dealkylation sites (tertiary alicyclic amines) is 1. The first-order valence-electron chi connectivity index (χ1n) is 11.1. The first kappa shape index (κ1) is 21.3. The summed E-state index contributed by atoms with van der Waals surface area (Å²) in [5.74, 6) is -1.69. The molecule has 0 unspecified atom stereocenters. The summed E-state index contributed by atoms with van der Waals surface area (Å²) in [6, 6.07) is 6.11. The van der Waals surface area contributed by atoms with Crippen molar-refractivity contribution in [1.29, 1.82) is 0 Å². The Hall–Kier alpha value is -2.96. The van der Waals surface area contributed by atoms with Crippen LogP contribution in [0.5, 0.6) is 0 Å². The third-order valence-corrected chi connectivity index (χ3v) is 6.16. The van der Waals surface area contributed by atoms with Gasteiger partial charge < -0.3 is 10.6 Å². The van der Waals surface area contributed by atoms with Gasteiger partial charge in [-0.2, -0.15) is 0 Å². The van der Waals surface area contributed by atoms with Gasteiger partial charge in [-0.25, -0.2) is 0 Å². The summed E-state index contributed by atoms with van der Waals surface area (Å²) < 4.78 is 0. The van der Waals surface area contributed by atoms with Crippen LogP contribution >= 0.6 is 0 Å². The first-order valence-corrected chi connectivity index (χ1v) is 11.1. The third-order valence-electron chi connectivity index (χ3n) is 6.16. The fraction of sp³-hybridized carbons (Fsp3) is 0.500. The highest BCUT2D eigenvalue weighted by molar-refractivity contribution is 6.10. The average Bonchev–Trinajstić information content (AvgIpc) is 3.52. The molecule has 1 aromatic rings. The van der Waals surface area contributed by atoms with E-state index in [2.05, 4.69) is 10.6 Å².